The number of carbonyl (C=O) groups excluding carboxylic acids is 2. The highest BCUT2D eigenvalue weighted by molar-refractivity contribution is 6.32. The van der Waals surface area contributed by atoms with Gasteiger partial charge in [0.1, 0.15) is 11.6 Å². The number of likely N-dealkylation sites (tertiary alicyclic amines) is 1. The van der Waals surface area contributed by atoms with Gasteiger partial charge in [-0.2, -0.15) is 0 Å². The Hall–Kier alpha value is -2.64. The molecular formula is C22H25ClFN3O3. The molecule has 160 valence electrons. The van der Waals surface area contributed by atoms with Crippen LogP contribution in [0.1, 0.15) is 24.8 Å². The van der Waals surface area contributed by atoms with Crippen LogP contribution in [0, 0.1) is 11.7 Å². The van der Waals surface area contributed by atoms with Crippen molar-refractivity contribution < 1.29 is 18.7 Å². The van der Waals surface area contributed by atoms with Crippen LogP contribution in [0.2, 0.25) is 5.02 Å². The zero-order valence-corrected chi connectivity index (χ0v) is 17.3. The average molecular weight is 434 g/mol. The van der Waals surface area contributed by atoms with Crippen molar-refractivity contribution in [3.8, 4) is 5.75 Å². The molecule has 2 amide bonds. The average Bonchev–Trinajstić information content (AvgIpc) is 2.71. The molecular weight excluding hydrogens is 409 g/mol. The fourth-order valence-corrected chi connectivity index (χ4v) is 3.67. The van der Waals surface area contributed by atoms with Gasteiger partial charge in [0.05, 0.1) is 24.0 Å². The topological polar surface area (TPSA) is 84.7 Å². The molecule has 0 aromatic heterocycles. The second kappa shape index (κ2) is 10.4. The van der Waals surface area contributed by atoms with Crippen LogP contribution in [-0.2, 0) is 16.1 Å². The highest BCUT2D eigenvalue weighted by Gasteiger charge is 2.23. The van der Waals surface area contributed by atoms with Gasteiger partial charge in [0.2, 0.25) is 11.8 Å². The van der Waals surface area contributed by atoms with Crippen LogP contribution in [0.5, 0.6) is 5.75 Å². The second-order valence-corrected chi connectivity index (χ2v) is 7.80. The monoisotopic (exact) mass is 433 g/mol. The first-order valence-electron chi connectivity index (χ1n) is 9.89. The molecule has 8 heteroatoms. The minimum Gasteiger partial charge on any atom is -0.491 e. The van der Waals surface area contributed by atoms with E-state index >= 15 is 0 Å². The number of piperidine rings is 1. The summed E-state index contributed by atoms with van der Waals surface area (Å²) in [6.45, 7) is 2.50. The molecule has 3 rings (SSSR count). The first-order valence-corrected chi connectivity index (χ1v) is 10.3. The lowest BCUT2D eigenvalue weighted by Crippen LogP contribution is -2.40. The Morgan fingerprint density at radius 1 is 1.23 bits per heavy atom. The van der Waals surface area contributed by atoms with Gasteiger partial charge in [-0.3, -0.25) is 14.5 Å². The van der Waals surface area contributed by atoms with Gasteiger partial charge in [-0.1, -0.05) is 23.7 Å². The molecule has 1 heterocycles. The number of primary amides is 1. The van der Waals surface area contributed by atoms with Crippen LogP contribution in [0.4, 0.5) is 10.1 Å². The van der Waals surface area contributed by atoms with E-state index in [0.717, 1.165) is 37.6 Å². The van der Waals surface area contributed by atoms with E-state index in [4.69, 9.17) is 22.1 Å². The first-order chi connectivity index (χ1) is 14.4. The molecule has 1 saturated heterocycles. The molecule has 0 saturated carbocycles. The van der Waals surface area contributed by atoms with E-state index in [1.54, 1.807) is 0 Å². The number of benzene rings is 2. The lowest BCUT2D eigenvalue weighted by atomic mass is 9.97. The van der Waals surface area contributed by atoms with E-state index in [9.17, 15) is 14.0 Å². The molecule has 3 N–H and O–H groups in total. The van der Waals surface area contributed by atoms with Gasteiger partial charge in [0.15, 0.2) is 0 Å². The Labute approximate surface area is 180 Å². The summed E-state index contributed by atoms with van der Waals surface area (Å²) in [5.41, 5.74) is 7.23. The van der Waals surface area contributed by atoms with Gasteiger partial charge in [-0.25, -0.2) is 4.39 Å². The minimum absolute atomic E-state index is 0.0793. The Bertz CT molecular complexity index is 892. The SMILES string of the molecule is NC(=O)C1CCCN(Cc2ccc(NC(=O)CCOc3ccc(F)cc3Cl)cc2)C1. The van der Waals surface area contributed by atoms with Crippen LogP contribution >= 0.6 is 11.6 Å². The molecule has 1 aliphatic heterocycles. The number of amides is 2. The van der Waals surface area contributed by atoms with Crippen molar-refractivity contribution in [1.29, 1.82) is 0 Å². The number of hydrogen-bond donors (Lipinski definition) is 2. The van der Waals surface area contributed by atoms with Crippen molar-refractivity contribution in [2.75, 3.05) is 25.0 Å². The Kier molecular flexibility index (Phi) is 7.65. The maximum absolute atomic E-state index is 13.0. The van der Waals surface area contributed by atoms with Crippen molar-refractivity contribution in [3.05, 3.63) is 58.9 Å². The third-order valence-corrected chi connectivity index (χ3v) is 5.33. The lowest BCUT2D eigenvalue weighted by Gasteiger charge is -2.31. The van der Waals surface area contributed by atoms with E-state index in [1.807, 2.05) is 24.3 Å². The first kappa shape index (κ1) is 22.1. The summed E-state index contributed by atoms with van der Waals surface area (Å²) in [7, 11) is 0. The summed E-state index contributed by atoms with van der Waals surface area (Å²) in [6.07, 6.45) is 1.96. The highest BCUT2D eigenvalue weighted by Crippen LogP contribution is 2.25. The van der Waals surface area contributed by atoms with Crippen LogP contribution in [-0.4, -0.2) is 36.4 Å². The number of halogens is 2. The zero-order chi connectivity index (χ0) is 21.5. The van der Waals surface area contributed by atoms with Gasteiger partial charge in [-0.15, -0.1) is 0 Å². The number of hydrogen-bond acceptors (Lipinski definition) is 4. The van der Waals surface area contributed by atoms with E-state index in [-0.39, 0.29) is 35.8 Å². The second-order valence-electron chi connectivity index (χ2n) is 7.39. The number of anilines is 1. The molecule has 0 aliphatic carbocycles. The van der Waals surface area contributed by atoms with Crippen molar-refractivity contribution in [2.24, 2.45) is 11.7 Å². The number of nitrogens with zero attached hydrogens (tertiary/aromatic N) is 1. The Balaban J connectivity index is 1.43. The molecule has 1 atom stereocenters. The normalized spacial score (nSPS) is 16.8. The van der Waals surface area contributed by atoms with E-state index < -0.39 is 5.82 Å². The van der Waals surface area contributed by atoms with Crippen LogP contribution in [0.15, 0.2) is 42.5 Å². The van der Waals surface area contributed by atoms with Crippen LogP contribution in [0.25, 0.3) is 0 Å². The Morgan fingerprint density at radius 2 is 2.00 bits per heavy atom. The van der Waals surface area contributed by atoms with Crippen molar-refractivity contribution in [2.45, 2.75) is 25.8 Å². The van der Waals surface area contributed by atoms with E-state index in [1.165, 1.54) is 12.1 Å². The van der Waals surface area contributed by atoms with Gasteiger partial charge < -0.3 is 15.8 Å². The molecule has 0 radical (unpaired) electrons. The van der Waals surface area contributed by atoms with E-state index in [0.29, 0.717) is 18.0 Å². The maximum Gasteiger partial charge on any atom is 0.227 e. The van der Waals surface area contributed by atoms with Gasteiger partial charge in [-0.05, 0) is 55.3 Å². The summed E-state index contributed by atoms with van der Waals surface area (Å²) in [5.74, 6) is -0.609. The quantitative estimate of drug-likeness (QED) is 0.666. The maximum atomic E-state index is 13.0. The van der Waals surface area contributed by atoms with Gasteiger partial charge >= 0.3 is 0 Å². The van der Waals surface area contributed by atoms with Crippen molar-refractivity contribution in [3.63, 3.8) is 0 Å². The standard InChI is InChI=1S/C22H25ClFN3O3/c23-19-12-17(24)5-8-20(19)30-11-9-21(28)26-18-6-3-15(4-7-18)13-27-10-1-2-16(14-27)22(25)29/h3-8,12,16H,1-2,9-11,13-14H2,(H2,25,29)(H,26,28). The van der Waals surface area contributed by atoms with E-state index in [2.05, 4.69) is 10.2 Å². The molecule has 30 heavy (non-hydrogen) atoms. The Morgan fingerprint density at radius 3 is 2.70 bits per heavy atom. The number of ether oxygens (including phenoxy) is 1. The van der Waals surface area contributed by atoms with Crippen molar-refractivity contribution >= 4 is 29.1 Å². The molecule has 6 nitrogen and oxygen atoms in total. The molecule has 1 unspecified atom stereocenters. The predicted molar refractivity (Wildman–Crippen MR) is 114 cm³/mol. The summed E-state index contributed by atoms with van der Waals surface area (Å²) < 4.78 is 18.5. The number of nitrogens with one attached hydrogen (secondary N) is 1. The largest absolute Gasteiger partial charge is 0.491 e. The van der Waals surface area contributed by atoms with Gasteiger partial charge in [0.25, 0.3) is 0 Å². The summed E-state index contributed by atoms with van der Waals surface area (Å²) in [6, 6.07) is 11.5. The number of rotatable bonds is 8. The molecule has 0 spiro atoms. The molecule has 2 aromatic carbocycles. The van der Waals surface area contributed by atoms with Crippen LogP contribution < -0.4 is 15.8 Å². The summed E-state index contributed by atoms with van der Waals surface area (Å²) in [4.78, 5) is 25.7. The number of carbonyl (C=O) groups is 2. The fourth-order valence-electron chi connectivity index (χ4n) is 3.45. The zero-order valence-electron chi connectivity index (χ0n) is 16.6. The van der Waals surface area contributed by atoms with Crippen LogP contribution in [0.3, 0.4) is 0 Å². The predicted octanol–water partition coefficient (Wildman–Crippen LogP) is 3.58. The smallest absolute Gasteiger partial charge is 0.227 e. The van der Waals surface area contributed by atoms with Gasteiger partial charge in [0, 0.05) is 18.8 Å². The number of nitrogens with two attached hydrogens (primary N) is 1. The lowest BCUT2D eigenvalue weighted by molar-refractivity contribution is -0.123. The third-order valence-electron chi connectivity index (χ3n) is 5.03. The minimum atomic E-state index is -0.443. The molecule has 0 bridgehead atoms. The summed E-state index contributed by atoms with van der Waals surface area (Å²) in [5, 5.41) is 2.99. The summed E-state index contributed by atoms with van der Waals surface area (Å²) >= 11 is 5.89. The molecule has 1 aliphatic rings. The fraction of sp³-hybridized carbons (Fsp3) is 0.364. The highest BCUT2D eigenvalue weighted by atomic mass is 35.5. The molecule has 1 fully saturated rings. The third kappa shape index (κ3) is 6.43. The van der Waals surface area contributed by atoms with Crippen molar-refractivity contribution in [1.82, 2.24) is 4.90 Å². The molecule has 2 aromatic rings.